The lowest BCUT2D eigenvalue weighted by molar-refractivity contribution is -0.117. The van der Waals surface area contributed by atoms with Gasteiger partial charge in [-0.05, 0) is 98.5 Å². The molecule has 4 aliphatic carbocycles. The van der Waals surface area contributed by atoms with E-state index in [9.17, 15) is 18.0 Å². The number of hydrogen-bond acceptors (Lipinski definition) is 4. The number of carbonyl (C=O) groups is 2. The van der Waals surface area contributed by atoms with Crippen LogP contribution in [0.3, 0.4) is 0 Å². The number of hydrogen-bond donors (Lipinski definition) is 2. The number of nitrogens with zero attached hydrogens (tertiary/aromatic N) is 1. The summed E-state index contributed by atoms with van der Waals surface area (Å²) < 4.78 is 26.9. The molecule has 5 aliphatic rings. The van der Waals surface area contributed by atoms with Crippen molar-refractivity contribution in [2.75, 3.05) is 19.6 Å². The second-order valence-corrected chi connectivity index (χ2v) is 12.6. The van der Waals surface area contributed by atoms with E-state index in [0.29, 0.717) is 17.5 Å². The lowest BCUT2D eigenvalue weighted by atomic mass is 9.49. The van der Waals surface area contributed by atoms with E-state index in [0.717, 1.165) is 24.2 Å². The van der Waals surface area contributed by atoms with Crippen molar-refractivity contribution in [3.05, 3.63) is 42.5 Å². The maximum atomic E-state index is 12.8. The molecule has 2 N–H and O–H groups in total. The molecule has 5 fully saturated rings. The van der Waals surface area contributed by atoms with E-state index in [1.165, 1.54) is 61.0 Å². The van der Waals surface area contributed by atoms with Crippen molar-refractivity contribution in [2.24, 2.45) is 23.2 Å². The molecule has 1 heterocycles. The van der Waals surface area contributed by atoms with Crippen LogP contribution in [0, 0.1) is 23.2 Å². The van der Waals surface area contributed by atoms with Crippen molar-refractivity contribution < 1.29 is 18.0 Å². The summed E-state index contributed by atoms with van der Waals surface area (Å²) in [6.07, 6.45) is 10.5. The topological polar surface area (TPSA) is 95.6 Å². The average molecular weight is 472 g/mol. The zero-order valence-electron chi connectivity index (χ0n) is 19.0. The Morgan fingerprint density at radius 2 is 1.61 bits per heavy atom. The van der Waals surface area contributed by atoms with Gasteiger partial charge in [-0.15, -0.1) is 0 Å². The van der Waals surface area contributed by atoms with Gasteiger partial charge in [0.15, 0.2) is 0 Å². The quantitative estimate of drug-likeness (QED) is 0.570. The Kier molecular flexibility index (Phi) is 5.85. The van der Waals surface area contributed by atoms with Crippen LogP contribution in [0.5, 0.6) is 0 Å². The van der Waals surface area contributed by atoms with Gasteiger partial charge in [0.1, 0.15) is 0 Å². The van der Waals surface area contributed by atoms with E-state index < -0.39 is 10.0 Å². The number of nitrogens with one attached hydrogen (secondary N) is 2. The van der Waals surface area contributed by atoms with E-state index in [4.69, 9.17) is 0 Å². The minimum Gasteiger partial charge on any atom is -0.352 e. The Balaban J connectivity index is 1.13. The summed E-state index contributed by atoms with van der Waals surface area (Å²) in [5.74, 6) is 2.25. The SMILES string of the molecule is C=CC(=O)NC1CN(S(=O)(=O)c2ccc(C(=O)NCCC34CC5CC(CC(C5)C3)C4)cc2)C1. The first kappa shape index (κ1) is 22.6. The molecule has 0 unspecified atom stereocenters. The molecule has 1 aromatic carbocycles. The molecular formula is C25H33N3O4S. The fourth-order valence-corrected chi connectivity index (χ4v) is 8.58. The molecule has 0 atom stereocenters. The van der Waals surface area contributed by atoms with E-state index >= 15 is 0 Å². The molecule has 1 aliphatic heterocycles. The highest BCUT2D eigenvalue weighted by Gasteiger charge is 2.50. The summed E-state index contributed by atoms with van der Waals surface area (Å²) in [6.45, 7) is 4.53. The molecule has 0 radical (unpaired) electrons. The number of benzene rings is 1. The maximum Gasteiger partial charge on any atom is 0.251 e. The molecule has 2 amide bonds. The number of carbonyl (C=O) groups excluding carboxylic acids is 2. The Hall–Kier alpha value is -2.19. The summed E-state index contributed by atoms with van der Waals surface area (Å²) in [6, 6.07) is 5.91. The van der Waals surface area contributed by atoms with Crippen molar-refractivity contribution in [1.29, 1.82) is 0 Å². The standard InChI is InChI=1S/C25H33N3O4S/c1-2-23(29)27-21-15-28(16-21)33(31,32)22-5-3-20(4-6-22)24(30)26-8-7-25-12-17-9-18(13-25)11-19(10-17)14-25/h2-6,17-19,21H,1,7-16H2,(H,26,30)(H,27,29). The number of rotatable bonds is 8. The van der Waals surface area contributed by atoms with Crippen LogP contribution in [0.4, 0.5) is 0 Å². The zero-order chi connectivity index (χ0) is 23.2. The van der Waals surface area contributed by atoms with Gasteiger partial charge in [0.2, 0.25) is 15.9 Å². The van der Waals surface area contributed by atoms with E-state index in [2.05, 4.69) is 17.2 Å². The molecule has 4 bridgehead atoms. The number of sulfonamides is 1. The third-order valence-corrected chi connectivity index (χ3v) is 10.1. The van der Waals surface area contributed by atoms with Crippen molar-refractivity contribution in [3.63, 3.8) is 0 Å². The first-order valence-corrected chi connectivity index (χ1v) is 13.5. The molecule has 8 heteroatoms. The molecule has 178 valence electrons. The van der Waals surface area contributed by atoms with Gasteiger partial charge in [-0.1, -0.05) is 6.58 Å². The highest BCUT2D eigenvalue weighted by Crippen LogP contribution is 2.61. The van der Waals surface area contributed by atoms with Crippen LogP contribution in [-0.4, -0.2) is 50.2 Å². The molecule has 6 rings (SSSR count). The molecule has 1 aromatic rings. The smallest absolute Gasteiger partial charge is 0.251 e. The summed E-state index contributed by atoms with van der Waals surface area (Å²) in [5, 5.41) is 5.75. The summed E-state index contributed by atoms with van der Waals surface area (Å²) in [7, 11) is -3.64. The molecule has 7 nitrogen and oxygen atoms in total. The van der Waals surface area contributed by atoms with Crippen molar-refractivity contribution >= 4 is 21.8 Å². The Morgan fingerprint density at radius 1 is 1.03 bits per heavy atom. The van der Waals surface area contributed by atoms with Crippen LogP contribution in [-0.2, 0) is 14.8 Å². The first-order chi connectivity index (χ1) is 15.8. The van der Waals surface area contributed by atoms with Gasteiger partial charge in [-0.2, -0.15) is 4.31 Å². The fraction of sp³-hybridized carbons (Fsp3) is 0.600. The predicted octanol–water partition coefficient (Wildman–Crippen LogP) is 2.70. The van der Waals surface area contributed by atoms with Gasteiger partial charge in [0, 0.05) is 25.2 Å². The fourth-order valence-electron chi connectivity index (χ4n) is 7.05. The summed E-state index contributed by atoms with van der Waals surface area (Å²) >= 11 is 0. The minimum atomic E-state index is -3.64. The lowest BCUT2D eigenvalue weighted by Crippen LogP contribution is -2.60. The van der Waals surface area contributed by atoms with Gasteiger partial charge in [0.05, 0.1) is 10.9 Å². The molecular weight excluding hydrogens is 438 g/mol. The highest BCUT2D eigenvalue weighted by atomic mass is 32.2. The van der Waals surface area contributed by atoms with Gasteiger partial charge < -0.3 is 10.6 Å². The van der Waals surface area contributed by atoms with Crippen molar-refractivity contribution in [2.45, 2.75) is 55.9 Å². The molecule has 4 saturated carbocycles. The Labute approximate surface area is 196 Å². The molecule has 1 saturated heterocycles. The highest BCUT2D eigenvalue weighted by molar-refractivity contribution is 7.89. The Morgan fingerprint density at radius 3 is 2.15 bits per heavy atom. The van der Waals surface area contributed by atoms with Crippen LogP contribution in [0.2, 0.25) is 0 Å². The van der Waals surface area contributed by atoms with Gasteiger partial charge >= 0.3 is 0 Å². The third kappa shape index (κ3) is 4.47. The largest absolute Gasteiger partial charge is 0.352 e. The van der Waals surface area contributed by atoms with E-state index in [1.807, 2.05) is 0 Å². The van der Waals surface area contributed by atoms with Gasteiger partial charge in [-0.3, -0.25) is 9.59 Å². The average Bonchev–Trinajstić information content (AvgIpc) is 2.74. The number of amides is 2. The maximum absolute atomic E-state index is 12.8. The van der Waals surface area contributed by atoms with Crippen molar-refractivity contribution in [3.8, 4) is 0 Å². The van der Waals surface area contributed by atoms with E-state index in [1.54, 1.807) is 12.1 Å². The van der Waals surface area contributed by atoms with Crippen LogP contribution in [0.15, 0.2) is 41.8 Å². The van der Waals surface area contributed by atoms with Crippen LogP contribution in [0.25, 0.3) is 0 Å². The minimum absolute atomic E-state index is 0.153. The van der Waals surface area contributed by atoms with Crippen molar-refractivity contribution in [1.82, 2.24) is 14.9 Å². The molecule has 33 heavy (non-hydrogen) atoms. The van der Waals surface area contributed by atoms with Gasteiger partial charge in [0.25, 0.3) is 5.91 Å². The lowest BCUT2D eigenvalue weighted by Gasteiger charge is -2.57. The summed E-state index contributed by atoms with van der Waals surface area (Å²) in [5.41, 5.74) is 0.902. The second kappa shape index (κ2) is 8.55. The first-order valence-electron chi connectivity index (χ1n) is 12.1. The normalized spacial score (nSPS) is 31.1. The van der Waals surface area contributed by atoms with Crippen LogP contribution >= 0.6 is 0 Å². The molecule has 0 aromatic heterocycles. The van der Waals surface area contributed by atoms with Crippen LogP contribution in [0.1, 0.15) is 55.3 Å². The Bertz CT molecular complexity index is 1010. The summed E-state index contributed by atoms with van der Waals surface area (Å²) in [4.78, 5) is 24.1. The van der Waals surface area contributed by atoms with Gasteiger partial charge in [-0.25, -0.2) is 8.42 Å². The third-order valence-electron chi connectivity index (χ3n) is 8.24. The second-order valence-electron chi connectivity index (χ2n) is 10.7. The van der Waals surface area contributed by atoms with Crippen LogP contribution < -0.4 is 10.6 Å². The van der Waals surface area contributed by atoms with E-state index in [-0.39, 0.29) is 35.8 Å². The molecule has 0 spiro atoms. The predicted molar refractivity (Wildman–Crippen MR) is 125 cm³/mol. The monoisotopic (exact) mass is 471 g/mol. The zero-order valence-corrected chi connectivity index (χ0v) is 19.8.